The predicted octanol–water partition coefficient (Wildman–Crippen LogP) is 1.98. The Morgan fingerprint density at radius 1 is 1.24 bits per heavy atom. The topological polar surface area (TPSA) is 108 Å². The van der Waals surface area contributed by atoms with E-state index in [2.05, 4.69) is 20.2 Å². The minimum atomic E-state index is -0.233. The number of nitrogens with zero attached hydrogens (tertiary/aromatic N) is 4. The minimum Gasteiger partial charge on any atom is -0.338 e. The number of hydrogen-bond donors (Lipinski definition) is 2. The summed E-state index contributed by atoms with van der Waals surface area (Å²) < 4.78 is 0. The van der Waals surface area contributed by atoms with Gasteiger partial charge in [-0.1, -0.05) is 18.2 Å². The first-order valence-corrected chi connectivity index (χ1v) is 9.92. The molecule has 1 fully saturated rings. The number of hydrogen-bond acceptors (Lipinski definition) is 5. The Hall–Kier alpha value is -3.29. The maximum atomic E-state index is 13.5. The summed E-state index contributed by atoms with van der Waals surface area (Å²) in [7, 11) is 0. The highest BCUT2D eigenvalue weighted by Crippen LogP contribution is 2.43. The van der Waals surface area contributed by atoms with Gasteiger partial charge >= 0.3 is 0 Å². The van der Waals surface area contributed by atoms with Crippen molar-refractivity contribution in [3.63, 3.8) is 0 Å². The predicted molar refractivity (Wildman–Crippen MR) is 107 cm³/mol. The second kappa shape index (κ2) is 6.65. The molecule has 8 nitrogen and oxygen atoms in total. The Labute approximate surface area is 167 Å². The van der Waals surface area contributed by atoms with Crippen LogP contribution in [0, 0.1) is 6.92 Å². The van der Waals surface area contributed by atoms with Crippen molar-refractivity contribution in [3.05, 3.63) is 63.6 Å². The molecule has 1 spiro atoms. The Kier molecular flexibility index (Phi) is 4.08. The number of H-pyrrole nitrogens is 2. The van der Waals surface area contributed by atoms with Crippen molar-refractivity contribution in [2.24, 2.45) is 0 Å². The number of amides is 1. The quantitative estimate of drug-likeness (QED) is 0.696. The molecular formula is C21H22N6O2. The number of piperidine rings is 1. The van der Waals surface area contributed by atoms with Crippen molar-refractivity contribution in [1.29, 1.82) is 0 Å². The molecule has 3 heterocycles. The van der Waals surface area contributed by atoms with Crippen LogP contribution in [-0.4, -0.2) is 49.0 Å². The molecule has 1 saturated heterocycles. The molecule has 1 unspecified atom stereocenters. The van der Waals surface area contributed by atoms with E-state index in [1.165, 1.54) is 6.33 Å². The molecule has 1 amide bonds. The first-order chi connectivity index (χ1) is 14.1. The van der Waals surface area contributed by atoms with Gasteiger partial charge < -0.3 is 9.88 Å². The Bertz CT molecular complexity index is 1140. The molecule has 1 aliphatic heterocycles. The van der Waals surface area contributed by atoms with Crippen LogP contribution in [0.1, 0.15) is 46.7 Å². The van der Waals surface area contributed by atoms with Gasteiger partial charge in [0, 0.05) is 29.6 Å². The van der Waals surface area contributed by atoms with Gasteiger partial charge in [-0.05, 0) is 38.7 Å². The number of rotatable bonds is 2. The molecule has 1 aromatic carbocycles. The van der Waals surface area contributed by atoms with Gasteiger partial charge in [0.2, 0.25) is 0 Å². The van der Waals surface area contributed by atoms with Crippen LogP contribution in [0.15, 0.2) is 35.4 Å². The standard InChI is InChI=1S/C21H22N6O2/c1-13-24-17-16(19(28)25-13)7-9-21(17)8-4-10-27(11-21)20(29)15-6-3-2-5-14(15)18-22-12-23-26-18/h2-3,5-6,12H,4,7-11H2,1H3,(H,22,23,26)(H,24,25,28). The van der Waals surface area contributed by atoms with Gasteiger partial charge in [0.15, 0.2) is 5.82 Å². The molecule has 2 aromatic heterocycles. The lowest BCUT2D eigenvalue weighted by molar-refractivity contribution is 0.0634. The molecule has 2 aliphatic rings. The molecule has 1 aliphatic carbocycles. The monoisotopic (exact) mass is 390 g/mol. The number of fused-ring (bicyclic) bond motifs is 2. The second-order valence-electron chi connectivity index (χ2n) is 7.97. The third-order valence-electron chi connectivity index (χ3n) is 6.18. The maximum Gasteiger partial charge on any atom is 0.254 e. The third-order valence-corrected chi connectivity index (χ3v) is 6.18. The lowest BCUT2D eigenvalue weighted by Crippen LogP contribution is -2.48. The molecular weight excluding hydrogens is 368 g/mol. The fraction of sp³-hybridized carbons (Fsp3) is 0.381. The van der Waals surface area contributed by atoms with E-state index < -0.39 is 0 Å². The maximum absolute atomic E-state index is 13.5. The van der Waals surface area contributed by atoms with Crippen molar-refractivity contribution in [2.75, 3.05) is 13.1 Å². The molecule has 0 saturated carbocycles. The number of aromatic nitrogens is 5. The first-order valence-electron chi connectivity index (χ1n) is 9.92. The molecule has 2 N–H and O–H groups in total. The van der Waals surface area contributed by atoms with Crippen LogP contribution in [0.3, 0.4) is 0 Å². The van der Waals surface area contributed by atoms with E-state index in [-0.39, 0.29) is 16.9 Å². The fourth-order valence-corrected chi connectivity index (χ4v) is 4.85. The number of aromatic amines is 2. The molecule has 5 rings (SSSR count). The Morgan fingerprint density at radius 2 is 2.10 bits per heavy atom. The summed E-state index contributed by atoms with van der Waals surface area (Å²) in [5.74, 6) is 1.19. The lowest BCUT2D eigenvalue weighted by Gasteiger charge is -2.40. The zero-order valence-corrected chi connectivity index (χ0v) is 16.2. The lowest BCUT2D eigenvalue weighted by atomic mass is 9.77. The molecule has 29 heavy (non-hydrogen) atoms. The normalized spacial score (nSPS) is 20.8. The molecule has 1 atom stereocenters. The van der Waals surface area contributed by atoms with Crippen LogP contribution in [0.4, 0.5) is 0 Å². The van der Waals surface area contributed by atoms with Gasteiger partial charge in [-0.15, -0.1) is 0 Å². The third kappa shape index (κ3) is 2.86. The summed E-state index contributed by atoms with van der Waals surface area (Å²) in [6.45, 7) is 3.09. The summed E-state index contributed by atoms with van der Waals surface area (Å²) in [4.78, 5) is 39.5. The molecule has 0 radical (unpaired) electrons. The van der Waals surface area contributed by atoms with Crippen LogP contribution in [0.25, 0.3) is 11.4 Å². The average molecular weight is 390 g/mol. The van der Waals surface area contributed by atoms with Crippen molar-refractivity contribution in [1.82, 2.24) is 30.0 Å². The fourth-order valence-electron chi connectivity index (χ4n) is 4.85. The SMILES string of the molecule is Cc1nc2c(c(=O)[nH]1)CCC21CCCN(C(=O)c2ccccc2-c2ncn[nH]2)C1. The summed E-state index contributed by atoms with van der Waals surface area (Å²) in [6, 6.07) is 7.46. The van der Waals surface area contributed by atoms with Gasteiger partial charge in [0.25, 0.3) is 11.5 Å². The van der Waals surface area contributed by atoms with E-state index in [9.17, 15) is 9.59 Å². The largest absolute Gasteiger partial charge is 0.338 e. The zero-order chi connectivity index (χ0) is 20.0. The van der Waals surface area contributed by atoms with Crippen molar-refractivity contribution in [2.45, 2.75) is 38.0 Å². The Morgan fingerprint density at radius 3 is 2.93 bits per heavy atom. The summed E-state index contributed by atoms with van der Waals surface area (Å²) in [5, 5.41) is 6.75. The van der Waals surface area contributed by atoms with Gasteiger partial charge in [-0.2, -0.15) is 5.10 Å². The number of benzene rings is 1. The number of carbonyl (C=O) groups excluding carboxylic acids is 1. The second-order valence-corrected chi connectivity index (χ2v) is 7.97. The highest BCUT2D eigenvalue weighted by Gasteiger charge is 2.45. The van der Waals surface area contributed by atoms with E-state index in [0.29, 0.717) is 36.7 Å². The van der Waals surface area contributed by atoms with Crippen LogP contribution in [-0.2, 0) is 11.8 Å². The molecule has 0 bridgehead atoms. The molecule has 3 aromatic rings. The minimum absolute atomic E-state index is 0.0221. The number of aryl methyl sites for hydroxylation is 1. The van der Waals surface area contributed by atoms with E-state index in [1.54, 1.807) is 0 Å². The number of nitrogens with one attached hydrogen (secondary N) is 2. The van der Waals surface area contributed by atoms with E-state index in [4.69, 9.17) is 4.98 Å². The van der Waals surface area contributed by atoms with Crippen molar-refractivity contribution < 1.29 is 4.79 Å². The van der Waals surface area contributed by atoms with E-state index in [0.717, 1.165) is 36.1 Å². The highest BCUT2D eigenvalue weighted by atomic mass is 16.2. The van der Waals surface area contributed by atoms with Crippen LogP contribution < -0.4 is 5.56 Å². The Balaban J connectivity index is 1.50. The van der Waals surface area contributed by atoms with Gasteiger partial charge in [-0.3, -0.25) is 14.7 Å². The summed E-state index contributed by atoms with van der Waals surface area (Å²) in [6.07, 6.45) is 4.85. The average Bonchev–Trinajstić information content (AvgIpc) is 3.37. The highest BCUT2D eigenvalue weighted by molar-refractivity contribution is 6.00. The van der Waals surface area contributed by atoms with Crippen LogP contribution in [0.2, 0.25) is 0 Å². The van der Waals surface area contributed by atoms with Crippen LogP contribution >= 0.6 is 0 Å². The van der Waals surface area contributed by atoms with Crippen molar-refractivity contribution >= 4 is 5.91 Å². The van der Waals surface area contributed by atoms with Gasteiger partial charge in [0.1, 0.15) is 12.2 Å². The number of likely N-dealkylation sites (tertiary alicyclic amines) is 1. The zero-order valence-electron chi connectivity index (χ0n) is 16.2. The van der Waals surface area contributed by atoms with Gasteiger partial charge in [-0.25, -0.2) is 9.97 Å². The molecule has 148 valence electrons. The van der Waals surface area contributed by atoms with E-state index >= 15 is 0 Å². The van der Waals surface area contributed by atoms with E-state index in [1.807, 2.05) is 36.1 Å². The number of carbonyl (C=O) groups is 1. The van der Waals surface area contributed by atoms with Crippen molar-refractivity contribution in [3.8, 4) is 11.4 Å². The summed E-state index contributed by atoms with van der Waals surface area (Å²) in [5.41, 5.74) is 2.75. The first kappa shape index (κ1) is 17.8. The summed E-state index contributed by atoms with van der Waals surface area (Å²) >= 11 is 0. The van der Waals surface area contributed by atoms with Gasteiger partial charge in [0.05, 0.1) is 11.3 Å². The smallest absolute Gasteiger partial charge is 0.254 e. The van der Waals surface area contributed by atoms with Crippen LogP contribution in [0.5, 0.6) is 0 Å². The molecule has 8 heteroatoms.